The van der Waals surface area contributed by atoms with Crippen molar-refractivity contribution in [3.05, 3.63) is 35.4 Å². The van der Waals surface area contributed by atoms with Crippen LogP contribution in [0.3, 0.4) is 0 Å². The summed E-state index contributed by atoms with van der Waals surface area (Å²) >= 11 is 0. The highest BCUT2D eigenvalue weighted by atomic mass is 16.2. The van der Waals surface area contributed by atoms with Gasteiger partial charge in [-0.3, -0.25) is 4.79 Å². The van der Waals surface area contributed by atoms with Crippen LogP contribution in [0.2, 0.25) is 0 Å². The minimum absolute atomic E-state index is 0.149. The molecule has 1 amide bonds. The molecule has 5 aliphatic carbocycles. The van der Waals surface area contributed by atoms with Gasteiger partial charge in [-0.15, -0.1) is 0 Å². The second-order valence-corrected chi connectivity index (χ2v) is 9.91. The molecule has 0 aliphatic heterocycles. The van der Waals surface area contributed by atoms with Crippen molar-refractivity contribution in [3.8, 4) is 0 Å². The Balaban J connectivity index is 1.25. The molecule has 140 valence electrons. The Morgan fingerprint density at radius 3 is 2.46 bits per heavy atom. The lowest BCUT2D eigenvalue weighted by Crippen LogP contribution is -3.10. The van der Waals surface area contributed by atoms with Crippen LogP contribution in [0.15, 0.2) is 24.3 Å². The van der Waals surface area contributed by atoms with E-state index in [1.165, 1.54) is 73.8 Å². The number of quaternary nitrogens is 1. The van der Waals surface area contributed by atoms with Crippen LogP contribution in [0.25, 0.3) is 0 Å². The Morgan fingerprint density at radius 2 is 1.77 bits per heavy atom. The first-order valence-corrected chi connectivity index (χ1v) is 10.8. The minimum Gasteiger partial charge on any atom is -0.346 e. The molecule has 6 rings (SSSR count). The topological polar surface area (TPSA) is 33.5 Å². The first kappa shape index (κ1) is 16.8. The molecule has 0 spiro atoms. The van der Waals surface area contributed by atoms with E-state index in [1.54, 1.807) is 0 Å². The van der Waals surface area contributed by atoms with Gasteiger partial charge in [-0.2, -0.15) is 0 Å². The van der Waals surface area contributed by atoms with Gasteiger partial charge in [0.1, 0.15) is 6.04 Å². The van der Waals surface area contributed by atoms with Crippen molar-refractivity contribution in [1.29, 1.82) is 0 Å². The number of amides is 1. The molecule has 4 bridgehead atoms. The van der Waals surface area contributed by atoms with Crippen LogP contribution < -0.4 is 10.2 Å². The predicted octanol–water partition coefficient (Wildman–Crippen LogP) is 2.66. The average molecular weight is 354 g/mol. The second kappa shape index (κ2) is 6.37. The second-order valence-electron chi connectivity index (χ2n) is 9.91. The van der Waals surface area contributed by atoms with Crippen LogP contribution in [0.1, 0.15) is 68.5 Å². The van der Waals surface area contributed by atoms with Gasteiger partial charge in [-0.1, -0.05) is 24.3 Å². The number of carbonyl (C=O) groups excluding carboxylic acids is 1. The lowest BCUT2D eigenvalue weighted by atomic mass is 9.53. The van der Waals surface area contributed by atoms with Crippen LogP contribution in [-0.2, 0) is 11.2 Å². The number of aryl methyl sites for hydroxylation is 1. The average Bonchev–Trinajstić information content (AvgIpc) is 2.59. The van der Waals surface area contributed by atoms with E-state index in [9.17, 15) is 4.79 Å². The summed E-state index contributed by atoms with van der Waals surface area (Å²) < 4.78 is 0. The van der Waals surface area contributed by atoms with Crippen LogP contribution in [0, 0.1) is 17.8 Å². The SMILES string of the molecule is C[NH+](CC(=O)NC12CC3CC(CC(C3)C1)C2)[C@@H]1CCCc2ccccc21. The van der Waals surface area contributed by atoms with Crippen LogP contribution in [0.4, 0.5) is 0 Å². The van der Waals surface area contributed by atoms with E-state index in [-0.39, 0.29) is 11.4 Å². The van der Waals surface area contributed by atoms with Gasteiger partial charge in [0.05, 0.1) is 7.05 Å². The molecule has 5 aliphatic rings. The molecule has 2 N–H and O–H groups in total. The molecular weight excluding hydrogens is 320 g/mol. The summed E-state index contributed by atoms with van der Waals surface area (Å²) in [6.45, 7) is 0.612. The molecular formula is C23H33N2O+. The van der Waals surface area contributed by atoms with Gasteiger partial charge < -0.3 is 10.2 Å². The van der Waals surface area contributed by atoms with Crippen molar-refractivity contribution in [3.63, 3.8) is 0 Å². The van der Waals surface area contributed by atoms with E-state index in [2.05, 4.69) is 36.6 Å². The van der Waals surface area contributed by atoms with Crippen molar-refractivity contribution in [1.82, 2.24) is 5.32 Å². The number of carbonyl (C=O) groups is 1. The van der Waals surface area contributed by atoms with Crippen molar-refractivity contribution < 1.29 is 9.69 Å². The lowest BCUT2D eigenvalue weighted by Gasteiger charge is -2.56. The third kappa shape index (κ3) is 2.98. The number of fused-ring (bicyclic) bond motifs is 1. The molecule has 1 aromatic carbocycles. The molecule has 1 unspecified atom stereocenters. The molecule has 0 heterocycles. The number of rotatable bonds is 4. The monoisotopic (exact) mass is 353 g/mol. The molecule has 3 heteroatoms. The maximum Gasteiger partial charge on any atom is 0.275 e. The Bertz CT molecular complexity index is 662. The van der Waals surface area contributed by atoms with Gasteiger partial charge in [0, 0.05) is 17.5 Å². The summed E-state index contributed by atoms with van der Waals surface area (Å²) in [5.41, 5.74) is 3.11. The quantitative estimate of drug-likeness (QED) is 0.857. The maximum atomic E-state index is 13.0. The van der Waals surface area contributed by atoms with Gasteiger partial charge in [-0.25, -0.2) is 0 Å². The number of benzene rings is 1. The molecule has 0 saturated heterocycles. The van der Waals surface area contributed by atoms with Gasteiger partial charge in [0.2, 0.25) is 0 Å². The van der Waals surface area contributed by atoms with Crippen molar-refractivity contribution in [2.45, 2.75) is 69.4 Å². The van der Waals surface area contributed by atoms with E-state index in [0.29, 0.717) is 12.6 Å². The zero-order valence-corrected chi connectivity index (χ0v) is 16.1. The number of likely N-dealkylation sites (N-methyl/N-ethyl adjacent to an activating group) is 1. The van der Waals surface area contributed by atoms with E-state index in [4.69, 9.17) is 0 Å². The third-order valence-corrected chi connectivity index (χ3v) is 7.85. The zero-order valence-electron chi connectivity index (χ0n) is 16.1. The fourth-order valence-electron chi connectivity index (χ4n) is 7.25. The van der Waals surface area contributed by atoms with Crippen LogP contribution >= 0.6 is 0 Å². The van der Waals surface area contributed by atoms with E-state index in [0.717, 1.165) is 17.8 Å². The Labute approximate surface area is 157 Å². The van der Waals surface area contributed by atoms with Gasteiger partial charge in [0.15, 0.2) is 6.54 Å². The molecule has 4 saturated carbocycles. The highest BCUT2D eigenvalue weighted by molar-refractivity contribution is 5.77. The van der Waals surface area contributed by atoms with Crippen molar-refractivity contribution in [2.24, 2.45) is 17.8 Å². The van der Waals surface area contributed by atoms with Gasteiger partial charge in [-0.05, 0) is 74.7 Å². The largest absolute Gasteiger partial charge is 0.346 e. The van der Waals surface area contributed by atoms with Crippen molar-refractivity contribution >= 4 is 5.91 Å². The lowest BCUT2D eigenvalue weighted by molar-refractivity contribution is -0.905. The Kier molecular flexibility index (Phi) is 4.11. The normalized spacial score (nSPS) is 38.7. The van der Waals surface area contributed by atoms with Crippen LogP contribution in [0.5, 0.6) is 0 Å². The van der Waals surface area contributed by atoms with E-state index < -0.39 is 0 Å². The summed E-state index contributed by atoms with van der Waals surface area (Å²) in [6, 6.07) is 9.32. The fraction of sp³-hybridized carbons (Fsp3) is 0.696. The summed E-state index contributed by atoms with van der Waals surface area (Å²) in [5, 5.41) is 3.56. The highest BCUT2D eigenvalue weighted by Gasteiger charge is 2.51. The number of nitrogens with one attached hydrogen (secondary N) is 2. The van der Waals surface area contributed by atoms with Crippen molar-refractivity contribution in [2.75, 3.05) is 13.6 Å². The molecule has 1 aromatic rings. The standard InChI is InChI=1S/C23H32N2O/c1-25(21-8-4-6-19-5-2-3-7-20(19)21)15-22(26)24-23-12-16-9-17(13-23)11-18(10-16)14-23/h2-3,5,7,16-18,21H,4,6,8-15H2,1H3,(H,24,26)/p+1/t16?,17?,18?,21-,23?/m1/s1. The smallest absolute Gasteiger partial charge is 0.275 e. The molecule has 3 nitrogen and oxygen atoms in total. The summed E-state index contributed by atoms with van der Waals surface area (Å²) in [5.74, 6) is 2.94. The molecule has 4 fully saturated rings. The number of hydrogen-bond donors (Lipinski definition) is 2. The van der Waals surface area contributed by atoms with E-state index >= 15 is 0 Å². The van der Waals surface area contributed by atoms with Gasteiger partial charge in [0.25, 0.3) is 5.91 Å². The molecule has 2 atom stereocenters. The Morgan fingerprint density at radius 1 is 1.12 bits per heavy atom. The third-order valence-electron chi connectivity index (χ3n) is 7.85. The van der Waals surface area contributed by atoms with Gasteiger partial charge >= 0.3 is 0 Å². The molecule has 0 aromatic heterocycles. The van der Waals surface area contributed by atoms with Crippen LogP contribution in [-0.4, -0.2) is 25.0 Å². The summed E-state index contributed by atoms with van der Waals surface area (Å²) in [6.07, 6.45) is 11.7. The highest BCUT2D eigenvalue weighted by Crippen LogP contribution is 2.55. The zero-order chi connectivity index (χ0) is 17.7. The summed E-state index contributed by atoms with van der Waals surface area (Å²) in [4.78, 5) is 14.3. The Hall–Kier alpha value is -1.35. The van der Waals surface area contributed by atoms with E-state index in [1.807, 2.05) is 0 Å². The fourth-order valence-corrected chi connectivity index (χ4v) is 7.25. The first-order valence-electron chi connectivity index (χ1n) is 10.8. The minimum atomic E-state index is 0.149. The predicted molar refractivity (Wildman–Crippen MR) is 103 cm³/mol. The summed E-state index contributed by atoms with van der Waals surface area (Å²) in [7, 11) is 2.21. The molecule has 26 heavy (non-hydrogen) atoms. The first-order chi connectivity index (χ1) is 12.6. The molecule has 0 radical (unpaired) electrons. The number of hydrogen-bond acceptors (Lipinski definition) is 1. The maximum absolute atomic E-state index is 13.0.